The Hall–Kier alpha value is -0.610. The van der Waals surface area contributed by atoms with E-state index in [1.54, 1.807) is 7.11 Å². The molecule has 3 aliphatic heterocycles. The van der Waals surface area contributed by atoms with Gasteiger partial charge in [0, 0.05) is 38.7 Å². The molecule has 0 aliphatic carbocycles. The fraction of sp³-hybridized carbons (Fsp3) is 0.933. The number of carbonyl (C=O) groups is 1. The van der Waals surface area contributed by atoms with Gasteiger partial charge in [-0.2, -0.15) is 0 Å². The lowest BCUT2D eigenvalue weighted by Gasteiger charge is -2.34. The van der Waals surface area contributed by atoms with E-state index in [4.69, 9.17) is 4.74 Å². The average Bonchev–Trinajstić information content (AvgIpc) is 2.78. The quantitative estimate of drug-likeness (QED) is 0.842. The van der Waals surface area contributed by atoms with E-state index in [1.165, 1.54) is 25.7 Å². The Morgan fingerprint density at radius 1 is 1.26 bits per heavy atom. The Kier molecular flexibility index (Phi) is 4.08. The van der Waals surface area contributed by atoms with Crippen molar-refractivity contribution in [1.29, 1.82) is 0 Å². The molecular weight excluding hydrogens is 240 g/mol. The maximum absolute atomic E-state index is 12.4. The van der Waals surface area contributed by atoms with Crippen molar-refractivity contribution in [2.45, 2.75) is 63.1 Å². The summed E-state index contributed by atoms with van der Waals surface area (Å²) >= 11 is 0. The van der Waals surface area contributed by atoms with Crippen molar-refractivity contribution in [3.63, 3.8) is 0 Å². The minimum Gasteiger partial charge on any atom is -0.380 e. The van der Waals surface area contributed by atoms with Gasteiger partial charge in [-0.15, -0.1) is 0 Å². The lowest BCUT2D eigenvalue weighted by molar-refractivity contribution is -0.136. The van der Waals surface area contributed by atoms with Crippen LogP contribution in [-0.4, -0.2) is 49.2 Å². The van der Waals surface area contributed by atoms with Gasteiger partial charge in [0.15, 0.2) is 0 Å². The van der Waals surface area contributed by atoms with Crippen LogP contribution in [0.25, 0.3) is 0 Å². The summed E-state index contributed by atoms with van der Waals surface area (Å²) in [5.74, 6) is 0.960. The van der Waals surface area contributed by atoms with E-state index in [0.29, 0.717) is 23.9 Å². The molecular formula is C15H26N2O2. The molecule has 0 aromatic carbocycles. The highest BCUT2D eigenvalue weighted by Gasteiger charge is 2.35. The zero-order valence-electron chi connectivity index (χ0n) is 11.9. The first kappa shape index (κ1) is 13.4. The molecule has 19 heavy (non-hydrogen) atoms. The van der Waals surface area contributed by atoms with Crippen LogP contribution in [0.5, 0.6) is 0 Å². The van der Waals surface area contributed by atoms with Gasteiger partial charge in [-0.3, -0.25) is 4.79 Å². The number of fused-ring (bicyclic) bond motifs is 2. The third kappa shape index (κ3) is 3.11. The SMILES string of the molecule is COC1CCCN(C(=O)CC2CC3CCC(C2)N3)C1. The van der Waals surface area contributed by atoms with Gasteiger partial charge in [-0.05, 0) is 44.4 Å². The van der Waals surface area contributed by atoms with Gasteiger partial charge in [0.1, 0.15) is 0 Å². The molecule has 3 unspecified atom stereocenters. The Labute approximate surface area is 115 Å². The Bertz CT molecular complexity index is 322. The van der Waals surface area contributed by atoms with Crippen LogP contribution in [0, 0.1) is 5.92 Å². The molecule has 3 aliphatic rings. The molecule has 0 aromatic rings. The second-order valence-electron chi connectivity index (χ2n) is 6.52. The highest BCUT2D eigenvalue weighted by atomic mass is 16.5. The normalized spacial score (nSPS) is 38.5. The molecule has 3 atom stereocenters. The molecule has 4 heteroatoms. The fourth-order valence-corrected chi connectivity index (χ4v) is 4.07. The Balaban J connectivity index is 1.50. The largest absolute Gasteiger partial charge is 0.380 e. The number of hydrogen-bond donors (Lipinski definition) is 1. The fourth-order valence-electron chi connectivity index (χ4n) is 4.07. The van der Waals surface area contributed by atoms with Gasteiger partial charge in [0.25, 0.3) is 0 Å². The number of carbonyl (C=O) groups excluding carboxylic acids is 1. The van der Waals surface area contributed by atoms with Gasteiger partial charge in [0.05, 0.1) is 6.10 Å². The van der Waals surface area contributed by atoms with Gasteiger partial charge < -0.3 is 15.0 Å². The molecule has 2 bridgehead atoms. The van der Waals surface area contributed by atoms with E-state index in [-0.39, 0.29) is 6.10 Å². The summed E-state index contributed by atoms with van der Waals surface area (Å²) in [6, 6.07) is 1.37. The zero-order valence-corrected chi connectivity index (χ0v) is 11.9. The monoisotopic (exact) mass is 266 g/mol. The van der Waals surface area contributed by atoms with Crippen LogP contribution >= 0.6 is 0 Å². The minimum absolute atomic E-state index is 0.252. The number of piperidine rings is 2. The van der Waals surface area contributed by atoms with Crippen LogP contribution in [0.4, 0.5) is 0 Å². The molecule has 1 amide bonds. The average molecular weight is 266 g/mol. The van der Waals surface area contributed by atoms with Crippen LogP contribution in [0.15, 0.2) is 0 Å². The van der Waals surface area contributed by atoms with E-state index >= 15 is 0 Å². The number of hydrogen-bond acceptors (Lipinski definition) is 3. The summed E-state index contributed by atoms with van der Waals surface area (Å²) in [7, 11) is 1.75. The zero-order chi connectivity index (χ0) is 13.2. The van der Waals surface area contributed by atoms with Gasteiger partial charge in [0.2, 0.25) is 5.91 Å². The Morgan fingerprint density at radius 2 is 2.00 bits per heavy atom. The molecule has 0 aromatic heterocycles. The predicted molar refractivity (Wildman–Crippen MR) is 73.9 cm³/mol. The van der Waals surface area contributed by atoms with Crippen molar-refractivity contribution < 1.29 is 9.53 Å². The van der Waals surface area contributed by atoms with Crippen molar-refractivity contribution in [2.24, 2.45) is 5.92 Å². The predicted octanol–water partition coefficient (Wildman–Crippen LogP) is 1.54. The lowest BCUT2D eigenvalue weighted by Crippen LogP contribution is -2.45. The van der Waals surface area contributed by atoms with Crippen LogP contribution in [0.3, 0.4) is 0 Å². The first-order chi connectivity index (χ1) is 9.24. The highest BCUT2D eigenvalue weighted by Crippen LogP contribution is 2.33. The van der Waals surface area contributed by atoms with Crippen molar-refractivity contribution in [1.82, 2.24) is 10.2 Å². The smallest absolute Gasteiger partial charge is 0.222 e. The number of methoxy groups -OCH3 is 1. The van der Waals surface area contributed by atoms with Crippen molar-refractivity contribution in [2.75, 3.05) is 20.2 Å². The van der Waals surface area contributed by atoms with Gasteiger partial charge >= 0.3 is 0 Å². The van der Waals surface area contributed by atoms with Gasteiger partial charge in [-0.1, -0.05) is 0 Å². The van der Waals surface area contributed by atoms with Crippen LogP contribution in [-0.2, 0) is 9.53 Å². The molecule has 3 saturated heterocycles. The number of likely N-dealkylation sites (tertiary alicyclic amines) is 1. The molecule has 108 valence electrons. The standard InChI is InChI=1S/C15H26N2O2/c1-19-14-3-2-6-17(10-14)15(18)9-11-7-12-4-5-13(8-11)16-12/h11-14,16H,2-10H2,1H3. The van der Waals surface area contributed by atoms with E-state index in [2.05, 4.69) is 5.32 Å². The lowest BCUT2D eigenvalue weighted by atomic mass is 9.89. The molecule has 3 heterocycles. The van der Waals surface area contributed by atoms with E-state index in [1.807, 2.05) is 4.90 Å². The third-order valence-corrected chi connectivity index (χ3v) is 5.10. The topological polar surface area (TPSA) is 41.6 Å². The summed E-state index contributed by atoms with van der Waals surface area (Å²) in [5, 5.41) is 3.64. The van der Waals surface area contributed by atoms with E-state index in [9.17, 15) is 4.79 Å². The van der Waals surface area contributed by atoms with E-state index < -0.39 is 0 Å². The second-order valence-corrected chi connectivity index (χ2v) is 6.52. The van der Waals surface area contributed by atoms with Crippen molar-refractivity contribution >= 4 is 5.91 Å². The Morgan fingerprint density at radius 3 is 2.68 bits per heavy atom. The maximum Gasteiger partial charge on any atom is 0.222 e. The van der Waals surface area contributed by atoms with Crippen molar-refractivity contribution in [3.8, 4) is 0 Å². The summed E-state index contributed by atoms with van der Waals surface area (Å²) in [6.07, 6.45) is 8.20. The van der Waals surface area contributed by atoms with Crippen LogP contribution < -0.4 is 5.32 Å². The number of nitrogens with zero attached hydrogens (tertiary/aromatic N) is 1. The van der Waals surface area contributed by atoms with Crippen molar-refractivity contribution in [3.05, 3.63) is 0 Å². The highest BCUT2D eigenvalue weighted by molar-refractivity contribution is 5.76. The second kappa shape index (κ2) is 5.80. The molecule has 0 saturated carbocycles. The first-order valence-electron chi connectivity index (χ1n) is 7.81. The van der Waals surface area contributed by atoms with Crippen LogP contribution in [0.2, 0.25) is 0 Å². The number of amides is 1. The first-order valence-corrected chi connectivity index (χ1v) is 7.81. The summed E-state index contributed by atoms with van der Waals surface area (Å²) in [5.41, 5.74) is 0. The van der Waals surface area contributed by atoms with E-state index in [0.717, 1.165) is 32.4 Å². The molecule has 0 radical (unpaired) electrons. The maximum atomic E-state index is 12.4. The number of ether oxygens (including phenoxy) is 1. The minimum atomic E-state index is 0.252. The molecule has 3 rings (SSSR count). The summed E-state index contributed by atoms with van der Waals surface area (Å²) in [4.78, 5) is 14.4. The number of nitrogens with one attached hydrogen (secondary N) is 1. The molecule has 0 spiro atoms. The van der Waals surface area contributed by atoms with Crippen LogP contribution in [0.1, 0.15) is 44.9 Å². The summed E-state index contributed by atoms with van der Waals surface area (Å²) < 4.78 is 5.40. The third-order valence-electron chi connectivity index (χ3n) is 5.10. The molecule has 1 N–H and O–H groups in total. The summed E-state index contributed by atoms with van der Waals surface area (Å²) in [6.45, 7) is 1.73. The van der Waals surface area contributed by atoms with Gasteiger partial charge in [-0.25, -0.2) is 0 Å². The molecule has 3 fully saturated rings. The molecule has 4 nitrogen and oxygen atoms in total. The number of rotatable bonds is 3.